The van der Waals surface area contributed by atoms with Crippen molar-refractivity contribution in [1.82, 2.24) is 9.88 Å². The van der Waals surface area contributed by atoms with Crippen LogP contribution in [0.15, 0.2) is 17.0 Å². The van der Waals surface area contributed by atoms with E-state index in [1.54, 1.807) is 11.3 Å². The molecule has 0 unspecified atom stereocenters. The van der Waals surface area contributed by atoms with Crippen LogP contribution in [-0.2, 0) is 11.3 Å². The molecular formula is C20H31N3OS. The predicted molar refractivity (Wildman–Crippen MR) is 105 cm³/mol. The molecule has 2 aliphatic heterocycles. The van der Waals surface area contributed by atoms with Gasteiger partial charge in [-0.1, -0.05) is 18.6 Å². The SMILES string of the molecule is CC(C)=CCC[C@@]1(C)CCC(=O)N(Cc2csc(N3CCCC3)n2)C1. The van der Waals surface area contributed by atoms with Gasteiger partial charge in [-0.25, -0.2) is 4.98 Å². The van der Waals surface area contributed by atoms with E-state index in [0.717, 1.165) is 49.7 Å². The number of allylic oxidation sites excluding steroid dienone is 2. The fraction of sp³-hybridized carbons (Fsp3) is 0.700. The summed E-state index contributed by atoms with van der Waals surface area (Å²) < 4.78 is 0. The molecule has 1 atom stereocenters. The summed E-state index contributed by atoms with van der Waals surface area (Å²) in [6.45, 7) is 10.4. The monoisotopic (exact) mass is 361 g/mol. The molecule has 0 saturated carbocycles. The first kappa shape index (κ1) is 18.4. The van der Waals surface area contributed by atoms with Gasteiger partial charge in [0.15, 0.2) is 5.13 Å². The van der Waals surface area contributed by atoms with Gasteiger partial charge < -0.3 is 9.80 Å². The molecule has 0 N–H and O–H groups in total. The molecule has 1 aromatic rings. The van der Waals surface area contributed by atoms with Crippen LogP contribution in [0.5, 0.6) is 0 Å². The predicted octanol–water partition coefficient (Wildman–Crippen LogP) is 4.62. The third-order valence-electron chi connectivity index (χ3n) is 5.44. The van der Waals surface area contributed by atoms with E-state index in [1.807, 2.05) is 4.90 Å². The second kappa shape index (κ2) is 7.90. The second-order valence-corrected chi connectivity index (χ2v) is 9.03. The largest absolute Gasteiger partial charge is 0.348 e. The number of carbonyl (C=O) groups excluding carboxylic acids is 1. The zero-order valence-corrected chi connectivity index (χ0v) is 16.7. The van der Waals surface area contributed by atoms with E-state index in [4.69, 9.17) is 4.98 Å². The molecule has 2 aliphatic rings. The van der Waals surface area contributed by atoms with Crippen LogP contribution < -0.4 is 4.90 Å². The maximum Gasteiger partial charge on any atom is 0.222 e. The number of nitrogens with zero attached hydrogens (tertiary/aromatic N) is 3. The average Bonchev–Trinajstić information content (AvgIpc) is 3.22. The Balaban J connectivity index is 1.60. The fourth-order valence-electron chi connectivity index (χ4n) is 3.87. The summed E-state index contributed by atoms with van der Waals surface area (Å²) >= 11 is 1.72. The highest BCUT2D eigenvalue weighted by atomic mass is 32.1. The van der Waals surface area contributed by atoms with E-state index in [2.05, 4.69) is 37.1 Å². The first-order valence-corrected chi connectivity index (χ1v) is 10.4. The van der Waals surface area contributed by atoms with Crippen molar-refractivity contribution in [2.75, 3.05) is 24.5 Å². The molecule has 0 aromatic carbocycles. The molecule has 25 heavy (non-hydrogen) atoms. The van der Waals surface area contributed by atoms with Crippen LogP contribution >= 0.6 is 11.3 Å². The van der Waals surface area contributed by atoms with Gasteiger partial charge in [-0.2, -0.15) is 0 Å². The molecule has 5 heteroatoms. The van der Waals surface area contributed by atoms with E-state index in [-0.39, 0.29) is 11.3 Å². The Bertz CT molecular complexity index is 629. The number of rotatable bonds is 6. The number of aromatic nitrogens is 1. The minimum Gasteiger partial charge on any atom is -0.348 e. The van der Waals surface area contributed by atoms with Gasteiger partial charge in [0.05, 0.1) is 12.2 Å². The summed E-state index contributed by atoms with van der Waals surface area (Å²) in [5.74, 6) is 0.287. The Hall–Kier alpha value is -1.36. The van der Waals surface area contributed by atoms with Crippen molar-refractivity contribution in [2.45, 2.75) is 65.8 Å². The van der Waals surface area contributed by atoms with Gasteiger partial charge >= 0.3 is 0 Å². The van der Waals surface area contributed by atoms with Gasteiger partial charge in [0, 0.05) is 31.4 Å². The van der Waals surface area contributed by atoms with Gasteiger partial charge in [0.2, 0.25) is 5.91 Å². The Morgan fingerprint density at radius 1 is 1.36 bits per heavy atom. The molecule has 0 radical (unpaired) electrons. The first-order chi connectivity index (χ1) is 12.0. The molecule has 2 fully saturated rings. The van der Waals surface area contributed by atoms with Gasteiger partial charge in [-0.05, 0) is 51.4 Å². The molecule has 0 bridgehead atoms. The number of anilines is 1. The maximum absolute atomic E-state index is 12.4. The first-order valence-electron chi connectivity index (χ1n) is 9.56. The number of likely N-dealkylation sites (tertiary alicyclic amines) is 1. The Kier molecular flexibility index (Phi) is 5.82. The van der Waals surface area contributed by atoms with Crippen molar-refractivity contribution in [3.63, 3.8) is 0 Å². The van der Waals surface area contributed by atoms with Crippen molar-refractivity contribution >= 4 is 22.4 Å². The van der Waals surface area contributed by atoms with Crippen molar-refractivity contribution < 1.29 is 4.79 Å². The lowest BCUT2D eigenvalue weighted by Gasteiger charge is -2.40. The standard InChI is InChI=1S/C20H31N3OS/c1-16(2)7-6-9-20(3)10-8-18(24)23(15-20)13-17-14-25-19(21-17)22-11-4-5-12-22/h7,14H,4-6,8-13,15H2,1-3H3/t20-/m0/s1. The molecule has 0 aliphatic carbocycles. The lowest BCUT2D eigenvalue weighted by Crippen LogP contribution is -2.44. The van der Waals surface area contributed by atoms with Crippen LogP contribution in [0.4, 0.5) is 5.13 Å². The van der Waals surface area contributed by atoms with E-state index < -0.39 is 0 Å². The van der Waals surface area contributed by atoms with Gasteiger partial charge in [-0.15, -0.1) is 11.3 Å². The Labute approximate surface area is 155 Å². The molecule has 0 spiro atoms. The number of thiazole rings is 1. The molecular weight excluding hydrogens is 330 g/mol. The normalized spacial score (nSPS) is 24.0. The number of carbonyl (C=O) groups is 1. The molecule has 1 amide bonds. The molecule has 3 heterocycles. The van der Waals surface area contributed by atoms with E-state index in [9.17, 15) is 4.79 Å². The number of amides is 1. The highest BCUT2D eigenvalue weighted by molar-refractivity contribution is 7.13. The molecule has 4 nitrogen and oxygen atoms in total. The van der Waals surface area contributed by atoms with Crippen LogP contribution in [0, 0.1) is 5.41 Å². The smallest absolute Gasteiger partial charge is 0.222 e. The Morgan fingerprint density at radius 3 is 2.84 bits per heavy atom. The summed E-state index contributed by atoms with van der Waals surface area (Å²) in [6.07, 6.45) is 8.79. The van der Waals surface area contributed by atoms with Crippen LogP contribution in [0.1, 0.15) is 65.0 Å². The quantitative estimate of drug-likeness (QED) is 0.694. The average molecular weight is 362 g/mol. The van der Waals surface area contributed by atoms with Gasteiger partial charge in [-0.3, -0.25) is 4.79 Å². The number of hydrogen-bond donors (Lipinski definition) is 0. The molecule has 1 aromatic heterocycles. The number of piperidine rings is 1. The van der Waals surface area contributed by atoms with E-state index in [1.165, 1.54) is 18.4 Å². The van der Waals surface area contributed by atoms with Gasteiger partial charge in [0.1, 0.15) is 0 Å². The second-order valence-electron chi connectivity index (χ2n) is 8.20. The third-order valence-corrected chi connectivity index (χ3v) is 6.39. The molecule has 138 valence electrons. The molecule has 2 saturated heterocycles. The molecule has 3 rings (SSSR count). The highest BCUT2D eigenvalue weighted by Gasteiger charge is 2.34. The topological polar surface area (TPSA) is 36.4 Å². The third kappa shape index (κ3) is 4.84. The maximum atomic E-state index is 12.4. The minimum atomic E-state index is 0.230. The summed E-state index contributed by atoms with van der Waals surface area (Å²) in [5, 5.41) is 3.26. The number of hydrogen-bond acceptors (Lipinski definition) is 4. The zero-order valence-electron chi connectivity index (χ0n) is 15.9. The Morgan fingerprint density at radius 2 is 2.12 bits per heavy atom. The van der Waals surface area contributed by atoms with Crippen molar-refractivity contribution in [3.05, 3.63) is 22.7 Å². The van der Waals surface area contributed by atoms with Crippen LogP contribution in [0.2, 0.25) is 0 Å². The highest BCUT2D eigenvalue weighted by Crippen LogP contribution is 2.36. The van der Waals surface area contributed by atoms with Gasteiger partial charge in [0.25, 0.3) is 0 Å². The van der Waals surface area contributed by atoms with Crippen molar-refractivity contribution in [2.24, 2.45) is 5.41 Å². The lowest BCUT2D eigenvalue weighted by atomic mass is 9.77. The van der Waals surface area contributed by atoms with Crippen molar-refractivity contribution in [1.29, 1.82) is 0 Å². The fourth-order valence-corrected chi connectivity index (χ4v) is 4.74. The van der Waals surface area contributed by atoms with Crippen molar-refractivity contribution in [3.8, 4) is 0 Å². The lowest BCUT2D eigenvalue weighted by molar-refractivity contribution is -0.138. The van der Waals surface area contributed by atoms with E-state index in [0.29, 0.717) is 13.0 Å². The van der Waals surface area contributed by atoms with E-state index >= 15 is 0 Å². The minimum absolute atomic E-state index is 0.230. The summed E-state index contributed by atoms with van der Waals surface area (Å²) in [6, 6.07) is 0. The van der Waals surface area contributed by atoms with Crippen LogP contribution in [-0.4, -0.2) is 35.4 Å². The summed E-state index contributed by atoms with van der Waals surface area (Å²) in [7, 11) is 0. The summed E-state index contributed by atoms with van der Waals surface area (Å²) in [4.78, 5) is 21.6. The van der Waals surface area contributed by atoms with Crippen LogP contribution in [0.25, 0.3) is 0 Å². The summed E-state index contributed by atoms with van der Waals surface area (Å²) in [5.41, 5.74) is 2.66. The van der Waals surface area contributed by atoms with Crippen LogP contribution in [0.3, 0.4) is 0 Å². The zero-order chi connectivity index (χ0) is 17.9.